The first-order chi connectivity index (χ1) is 4.16. The Morgan fingerprint density at radius 1 is 1.67 bits per heavy atom. The molecule has 0 N–H and O–H groups in total. The Bertz CT molecular complexity index is 97.2. The van der Waals surface area contributed by atoms with Crippen LogP contribution >= 0.6 is 0 Å². The van der Waals surface area contributed by atoms with Gasteiger partial charge in [0.05, 0.1) is 6.10 Å². The smallest absolute Gasteiger partial charge is 0.266 e. The summed E-state index contributed by atoms with van der Waals surface area (Å²) in [6, 6.07) is 0. The first-order valence-corrected chi connectivity index (χ1v) is 2.70. The van der Waals surface area contributed by atoms with E-state index in [0.717, 1.165) is 6.08 Å². The Labute approximate surface area is 53.3 Å². The highest BCUT2D eigenvalue weighted by atomic mass is 19.3. The third-order valence-electron chi connectivity index (χ3n) is 1.01. The molecule has 0 spiro atoms. The first kappa shape index (κ1) is 8.56. The van der Waals surface area contributed by atoms with Crippen molar-refractivity contribution < 1.29 is 13.5 Å². The molecule has 1 nitrogen and oxygen atoms in total. The number of rotatable bonds is 3. The number of methoxy groups -OCH3 is 1. The zero-order chi connectivity index (χ0) is 7.28. The highest BCUT2D eigenvalue weighted by Gasteiger charge is 1.96. The molecular weight excluding hydrogens is 126 g/mol. The van der Waals surface area contributed by atoms with Gasteiger partial charge in [0, 0.05) is 7.11 Å². The van der Waals surface area contributed by atoms with Crippen LogP contribution < -0.4 is 0 Å². The van der Waals surface area contributed by atoms with Crippen molar-refractivity contribution >= 4 is 0 Å². The van der Waals surface area contributed by atoms with Crippen LogP contribution in [0.4, 0.5) is 8.78 Å². The van der Waals surface area contributed by atoms with Gasteiger partial charge in [-0.1, -0.05) is 0 Å². The van der Waals surface area contributed by atoms with Gasteiger partial charge in [0.15, 0.2) is 0 Å². The van der Waals surface area contributed by atoms with E-state index in [0.29, 0.717) is 0 Å². The molecule has 0 radical (unpaired) electrons. The van der Waals surface area contributed by atoms with Crippen molar-refractivity contribution in [3.8, 4) is 0 Å². The fourth-order valence-electron chi connectivity index (χ4n) is 0.351. The summed E-state index contributed by atoms with van der Waals surface area (Å²) in [5.74, 6) is 0. The number of hydrogen-bond donors (Lipinski definition) is 0. The monoisotopic (exact) mass is 136 g/mol. The average Bonchev–Trinajstić information content (AvgIpc) is 1.83. The van der Waals surface area contributed by atoms with Gasteiger partial charge in [-0.2, -0.15) is 8.78 Å². The number of halogens is 2. The predicted molar refractivity (Wildman–Crippen MR) is 31.4 cm³/mol. The van der Waals surface area contributed by atoms with Gasteiger partial charge in [-0.3, -0.25) is 0 Å². The molecule has 0 saturated carbocycles. The van der Waals surface area contributed by atoms with Crippen LogP contribution in [-0.2, 0) is 4.74 Å². The van der Waals surface area contributed by atoms with Crippen molar-refractivity contribution in [2.24, 2.45) is 0 Å². The summed E-state index contributed by atoms with van der Waals surface area (Å²) < 4.78 is 27.4. The van der Waals surface area contributed by atoms with Crippen LogP contribution in [0.2, 0.25) is 0 Å². The topological polar surface area (TPSA) is 9.23 Å². The maximum absolute atomic E-state index is 11.3. The lowest BCUT2D eigenvalue weighted by Gasteiger charge is -2.02. The van der Waals surface area contributed by atoms with Gasteiger partial charge in [-0.05, 0) is 19.4 Å². The fourth-order valence-corrected chi connectivity index (χ4v) is 0.351. The minimum atomic E-state index is -1.64. The van der Waals surface area contributed by atoms with E-state index in [2.05, 4.69) is 0 Å². The lowest BCUT2D eigenvalue weighted by Crippen LogP contribution is -2.01. The highest BCUT2D eigenvalue weighted by molar-refractivity contribution is 4.81. The first-order valence-electron chi connectivity index (χ1n) is 2.70. The highest BCUT2D eigenvalue weighted by Crippen LogP contribution is 2.02. The predicted octanol–water partition coefficient (Wildman–Crippen LogP) is 2.19. The largest absolute Gasteiger partial charge is 0.381 e. The summed E-state index contributed by atoms with van der Waals surface area (Å²) in [4.78, 5) is 0. The molecule has 0 saturated heterocycles. The molecule has 9 heavy (non-hydrogen) atoms. The summed E-state index contributed by atoms with van der Waals surface area (Å²) in [6.45, 7) is 1.74. The quantitative estimate of drug-likeness (QED) is 0.577. The molecule has 0 aromatic rings. The molecule has 54 valence electrons. The van der Waals surface area contributed by atoms with E-state index in [1.807, 2.05) is 0 Å². The number of ether oxygens (including phenoxy) is 1. The Morgan fingerprint density at radius 2 is 2.22 bits per heavy atom. The van der Waals surface area contributed by atoms with Crippen LogP contribution in [0.5, 0.6) is 0 Å². The van der Waals surface area contributed by atoms with Crippen molar-refractivity contribution in [1.29, 1.82) is 0 Å². The van der Waals surface area contributed by atoms with Gasteiger partial charge in [0.2, 0.25) is 0 Å². The minimum absolute atomic E-state index is 0.119. The van der Waals surface area contributed by atoms with E-state index in [9.17, 15) is 8.78 Å². The standard InChI is InChI=1S/C6H10F2O/c1-5(9-2)3-4-6(7)8/h4-5H,3H2,1-2H3. The van der Waals surface area contributed by atoms with Crippen LogP contribution in [0.3, 0.4) is 0 Å². The van der Waals surface area contributed by atoms with Gasteiger partial charge < -0.3 is 4.74 Å². The maximum Gasteiger partial charge on any atom is 0.266 e. The van der Waals surface area contributed by atoms with Crippen LogP contribution in [0, 0.1) is 0 Å². The Morgan fingerprint density at radius 3 is 2.56 bits per heavy atom. The fraction of sp³-hybridized carbons (Fsp3) is 0.667. The molecule has 0 aliphatic carbocycles. The molecule has 1 atom stereocenters. The second kappa shape index (κ2) is 4.44. The lowest BCUT2D eigenvalue weighted by atomic mass is 10.3. The van der Waals surface area contributed by atoms with E-state index >= 15 is 0 Å². The Kier molecular flexibility index (Phi) is 4.22. The lowest BCUT2D eigenvalue weighted by molar-refractivity contribution is 0.120. The van der Waals surface area contributed by atoms with Crippen molar-refractivity contribution in [2.45, 2.75) is 19.4 Å². The molecular formula is C6H10F2O. The molecule has 0 amide bonds. The van der Waals surface area contributed by atoms with Crippen LogP contribution in [0.25, 0.3) is 0 Å². The summed E-state index contributed by atoms with van der Waals surface area (Å²) >= 11 is 0. The van der Waals surface area contributed by atoms with E-state index in [4.69, 9.17) is 4.74 Å². The number of hydrogen-bond acceptors (Lipinski definition) is 1. The minimum Gasteiger partial charge on any atom is -0.381 e. The van der Waals surface area contributed by atoms with Gasteiger partial charge in [-0.15, -0.1) is 0 Å². The molecule has 3 heteroatoms. The Balaban J connectivity index is 3.37. The average molecular weight is 136 g/mol. The third kappa shape index (κ3) is 5.43. The summed E-state index contributed by atoms with van der Waals surface area (Å²) in [5, 5.41) is 0. The van der Waals surface area contributed by atoms with Gasteiger partial charge in [0.1, 0.15) is 0 Å². The molecule has 0 bridgehead atoms. The molecule has 0 aliphatic heterocycles. The summed E-state index contributed by atoms with van der Waals surface area (Å²) in [6.07, 6.45) is -0.627. The van der Waals surface area contributed by atoms with E-state index in [1.165, 1.54) is 7.11 Å². The van der Waals surface area contributed by atoms with Gasteiger partial charge >= 0.3 is 0 Å². The van der Waals surface area contributed by atoms with Crippen molar-refractivity contribution in [2.75, 3.05) is 7.11 Å². The SMILES string of the molecule is COC(C)CC=C(F)F. The third-order valence-corrected chi connectivity index (χ3v) is 1.01. The Hall–Kier alpha value is -0.440. The second-order valence-corrected chi connectivity index (χ2v) is 1.78. The molecule has 0 fully saturated rings. The van der Waals surface area contributed by atoms with Crippen molar-refractivity contribution in [3.05, 3.63) is 12.2 Å². The molecule has 0 aromatic heterocycles. The molecule has 0 heterocycles. The van der Waals surface area contributed by atoms with E-state index in [1.54, 1.807) is 6.92 Å². The van der Waals surface area contributed by atoms with Gasteiger partial charge in [0.25, 0.3) is 6.08 Å². The molecule has 0 aliphatic rings. The summed E-state index contributed by atoms with van der Waals surface area (Å²) in [5.41, 5.74) is 0. The van der Waals surface area contributed by atoms with Crippen LogP contribution in [0.1, 0.15) is 13.3 Å². The van der Waals surface area contributed by atoms with E-state index in [-0.39, 0.29) is 12.5 Å². The molecule has 1 unspecified atom stereocenters. The zero-order valence-electron chi connectivity index (χ0n) is 5.53. The van der Waals surface area contributed by atoms with Crippen LogP contribution in [-0.4, -0.2) is 13.2 Å². The van der Waals surface area contributed by atoms with Crippen LogP contribution in [0.15, 0.2) is 12.2 Å². The summed E-state index contributed by atoms with van der Waals surface area (Å²) in [7, 11) is 1.49. The van der Waals surface area contributed by atoms with Gasteiger partial charge in [-0.25, -0.2) is 0 Å². The normalized spacial score (nSPS) is 12.9. The molecule has 0 aromatic carbocycles. The van der Waals surface area contributed by atoms with Crippen molar-refractivity contribution in [3.63, 3.8) is 0 Å². The second-order valence-electron chi connectivity index (χ2n) is 1.78. The van der Waals surface area contributed by atoms with Crippen molar-refractivity contribution in [1.82, 2.24) is 0 Å². The zero-order valence-corrected chi connectivity index (χ0v) is 5.53. The van der Waals surface area contributed by atoms with E-state index < -0.39 is 6.08 Å². The maximum atomic E-state index is 11.3. The molecule has 0 rings (SSSR count).